The van der Waals surface area contributed by atoms with Gasteiger partial charge in [-0.25, -0.2) is 0 Å². The number of hydrogen-bond acceptors (Lipinski definition) is 2. The monoisotopic (exact) mass is 246 g/mol. The molecule has 2 heteroatoms. The summed E-state index contributed by atoms with van der Waals surface area (Å²) in [5, 5.41) is 3.70. The van der Waals surface area contributed by atoms with E-state index in [1.807, 2.05) is 0 Å². The Kier molecular flexibility index (Phi) is 5.21. The Hall–Kier alpha value is -0.860. The molecule has 0 saturated carbocycles. The average Bonchev–Trinajstić information content (AvgIpc) is 2.40. The smallest absolute Gasteiger partial charge is 0.00680 e. The van der Waals surface area contributed by atoms with Gasteiger partial charge >= 0.3 is 0 Å². The van der Waals surface area contributed by atoms with Gasteiger partial charge in [0.1, 0.15) is 0 Å². The maximum atomic E-state index is 3.70. The molecule has 1 aromatic carbocycles. The van der Waals surface area contributed by atoms with Crippen molar-refractivity contribution in [2.75, 3.05) is 26.7 Å². The topological polar surface area (TPSA) is 15.3 Å². The van der Waals surface area contributed by atoms with E-state index in [0.29, 0.717) is 6.04 Å². The SMILES string of the molecule is CC(NCCc1ccccc1)C1CCN(C)CC1. The molecule has 1 atom stereocenters. The third kappa shape index (κ3) is 4.11. The van der Waals surface area contributed by atoms with Gasteiger partial charge in [0.15, 0.2) is 0 Å². The lowest BCUT2D eigenvalue weighted by Crippen LogP contribution is -2.41. The Morgan fingerprint density at radius 3 is 2.56 bits per heavy atom. The number of rotatable bonds is 5. The molecule has 18 heavy (non-hydrogen) atoms. The number of likely N-dealkylation sites (tertiary alicyclic amines) is 1. The van der Waals surface area contributed by atoms with E-state index in [1.54, 1.807) is 0 Å². The predicted molar refractivity (Wildman–Crippen MR) is 77.8 cm³/mol. The molecule has 2 rings (SSSR count). The quantitative estimate of drug-likeness (QED) is 0.859. The Balaban J connectivity index is 1.67. The zero-order chi connectivity index (χ0) is 12.8. The van der Waals surface area contributed by atoms with Gasteiger partial charge in [0, 0.05) is 6.04 Å². The summed E-state index contributed by atoms with van der Waals surface area (Å²) in [6.07, 6.45) is 3.82. The van der Waals surface area contributed by atoms with Crippen molar-refractivity contribution in [3.8, 4) is 0 Å². The maximum Gasteiger partial charge on any atom is 0.00680 e. The highest BCUT2D eigenvalue weighted by molar-refractivity contribution is 5.14. The van der Waals surface area contributed by atoms with Crippen LogP contribution in [0, 0.1) is 5.92 Å². The Bertz CT molecular complexity index is 328. The lowest BCUT2D eigenvalue weighted by molar-refractivity contribution is 0.190. The van der Waals surface area contributed by atoms with E-state index in [4.69, 9.17) is 0 Å². The standard InChI is InChI=1S/C16H26N2/c1-14(16-9-12-18(2)13-10-16)17-11-8-15-6-4-3-5-7-15/h3-7,14,16-17H,8-13H2,1-2H3. The van der Waals surface area contributed by atoms with Gasteiger partial charge in [0.2, 0.25) is 0 Å². The first kappa shape index (κ1) is 13.6. The summed E-state index contributed by atoms with van der Waals surface area (Å²) in [6.45, 7) is 5.96. The second kappa shape index (κ2) is 6.91. The van der Waals surface area contributed by atoms with Crippen LogP contribution in [0.4, 0.5) is 0 Å². The summed E-state index contributed by atoms with van der Waals surface area (Å²) in [6, 6.07) is 11.4. The number of nitrogens with zero attached hydrogens (tertiary/aromatic N) is 1. The van der Waals surface area contributed by atoms with Gasteiger partial charge in [-0.15, -0.1) is 0 Å². The highest BCUT2D eigenvalue weighted by Gasteiger charge is 2.21. The number of benzene rings is 1. The summed E-state index contributed by atoms with van der Waals surface area (Å²) < 4.78 is 0. The molecule has 0 aromatic heterocycles. The molecule has 0 amide bonds. The van der Waals surface area contributed by atoms with Crippen molar-refractivity contribution < 1.29 is 0 Å². The molecular formula is C16H26N2. The third-order valence-electron chi connectivity index (χ3n) is 4.19. The summed E-state index contributed by atoms with van der Waals surface area (Å²) >= 11 is 0. The van der Waals surface area contributed by atoms with Crippen LogP contribution in [0.1, 0.15) is 25.3 Å². The van der Waals surface area contributed by atoms with Crippen LogP contribution in [-0.4, -0.2) is 37.6 Å². The molecule has 0 bridgehead atoms. The Labute approximate surface area is 111 Å². The molecule has 2 nitrogen and oxygen atoms in total. The molecule has 0 spiro atoms. The van der Waals surface area contributed by atoms with Crippen LogP contribution in [0.3, 0.4) is 0 Å². The predicted octanol–water partition coefficient (Wildman–Crippen LogP) is 2.55. The maximum absolute atomic E-state index is 3.70. The summed E-state index contributed by atoms with van der Waals surface area (Å²) in [7, 11) is 2.23. The number of piperidine rings is 1. The molecule has 1 aliphatic rings. The molecule has 1 unspecified atom stereocenters. The molecule has 0 aliphatic carbocycles. The van der Waals surface area contributed by atoms with Crippen LogP contribution in [0.2, 0.25) is 0 Å². The lowest BCUT2D eigenvalue weighted by Gasteiger charge is -2.33. The van der Waals surface area contributed by atoms with E-state index < -0.39 is 0 Å². The zero-order valence-electron chi connectivity index (χ0n) is 11.7. The van der Waals surface area contributed by atoms with E-state index in [0.717, 1.165) is 18.9 Å². The van der Waals surface area contributed by atoms with Crippen molar-refractivity contribution in [2.24, 2.45) is 5.92 Å². The van der Waals surface area contributed by atoms with Crippen molar-refractivity contribution in [3.05, 3.63) is 35.9 Å². The largest absolute Gasteiger partial charge is 0.314 e. The lowest BCUT2D eigenvalue weighted by atomic mass is 9.90. The fourth-order valence-electron chi connectivity index (χ4n) is 2.78. The minimum absolute atomic E-state index is 0.655. The molecule has 1 heterocycles. The first-order chi connectivity index (χ1) is 8.75. The van der Waals surface area contributed by atoms with Gasteiger partial charge < -0.3 is 10.2 Å². The van der Waals surface area contributed by atoms with Crippen LogP contribution < -0.4 is 5.32 Å². The van der Waals surface area contributed by atoms with E-state index in [-0.39, 0.29) is 0 Å². The van der Waals surface area contributed by atoms with Crippen LogP contribution in [-0.2, 0) is 6.42 Å². The van der Waals surface area contributed by atoms with Crippen LogP contribution in [0.5, 0.6) is 0 Å². The molecule has 1 fully saturated rings. The molecule has 100 valence electrons. The summed E-state index contributed by atoms with van der Waals surface area (Å²) in [5.41, 5.74) is 1.43. The minimum atomic E-state index is 0.655. The summed E-state index contributed by atoms with van der Waals surface area (Å²) in [5.74, 6) is 0.858. The second-order valence-corrected chi connectivity index (χ2v) is 5.62. The second-order valence-electron chi connectivity index (χ2n) is 5.62. The molecule has 1 saturated heterocycles. The van der Waals surface area contributed by atoms with Crippen molar-refractivity contribution in [2.45, 2.75) is 32.2 Å². The van der Waals surface area contributed by atoms with Crippen LogP contribution in [0.15, 0.2) is 30.3 Å². The highest BCUT2D eigenvalue weighted by Crippen LogP contribution is 2.19. The van der Waals surface area contributed by atoms with Crippen LogP contribution in [0.25, 0.3) is 0 Å². The van der Waals surface area contributed by atoms with E-state index in [9.17, 15) is 0 Å². The molecule has 1 aliphatic heterocycles. The molecule has 1 aromatic rings. The molecule has 1 N–H and O–H groups in total. The Morgan fingerprint density at radius 2 is 1.89 bits per heavy atom. The third-order valence-corrected chi connectivity index (χ3v) is 4.19. The van der Waals surface area contributed by atoms with Gasteiger partial charge in [0.05, 0.1) is 0 Å². The number of hydrogen-bond donors (Lipinski definition) is 1. The van der Waals surface area contributed by atoms with E-state index in [2.05, 4.69) is 54.5 Å². The zero-order valence-corrected chi connectivity index (χ0v) is 11.7. The van der Waals surface area contributed by atoms with Crippen LogP contribution >= 0.6 is 0 Å². The first-order valence-corrected chi connectivity index (χ1v) is 7.21. The van der Waals surface area contributed by atoms with Gasteiger partial charge in [-0.2, -0.15) is 0 Å². The van der Waals surface area contributed by atoms with Crippen molar-refractivity contribution >= 4 is 0 Å². The van der Waals surface area contributed by atoms with E-state index >= 15 is 0 Å². The molecular weight excluding hydrogens is 220 g/mol. The van der Waals surface area contributed by atoms with Gasteiger partial charge in [-0.05, 0) is 64.3 Å². The Morgan fingerprint density at radius 1 is 1.22 bits per heavy atom. The van der Waals surface area contributed by atoms with Crippen molar-refractivity contribution in [1.82, 2.24) is 10.2 Å². The first-order valence-electron chi connectivity index (χ1n) is 7.21. The van der Waals surface area contributed by atoms with Gasteiger partial charge in [0.25, 0.3) is 0 Å². The van der Waals surface area contributed by atoms with Gasteiger partial charge in [-0.3, -0.25) is 0 Å². The highest BCUT2D eigenvalue weighted by atomic mass is 15.1. The normalized spacial score (nSPS) is 19.9. The van der Waals surface area contributed by atoms with Crippen molar-refractivity contribution in [1.29, 1.82) is 0 Å². The van der Waals surface area contributed by atoms with Gasteiger partial charge in [-0.1, -0.05) is 30.3 Å². The van der Waals surface area contributed by atoms with E-state index in [1.165, 1.54) is 31.5 Å². The fraction of sp³-hybridized carbons (Fsp3) is 0.625. The summed E-state index contributed by atoms with van der Waals surface area (Å²) in [4.78, 5) is 2.44. The number of nitrogens with one attached hydrogen (secondary N) is 1. The average molecular weight is 246 g/mol. The molecule has 0 radical (unpaired) electrons. The fourth-order valence-corrected chi connectivity index (χ4v) is 2.78. The van der Waals surface area contributed by atoms with Crippen molar-refractivity contribution in [3.63, 3.8) is 0 Å². The minimum Gasteiger partial charge on any atom is -0.314 e.